The summed E-state index contributed by atoms with van der Waals surface area (Å²) in [6, 6.07) is 25.4. The van der Waals surface area contributed by atoms with Crippen molar-refractivity contribution >= 4 is 5.91 Å². The van der Waals surface area contributed by atoms with Crippen molar-refractivity contribution in [3.63, 3.8) is 0 Å². The number of carbonyl (C=O) groups excluding carboxylic acids is 1. The van der Waals surface area contributed by atoms with Crippen molar-refractivity contribution < 1.29 is 9.53 Å². The molecule has 0 aliphatic carbocycles. The minimum absolute atomic E-state index is 0.437. The van der Waals surface area contributed by atoms with E-state index in [2.05, 4.69) is 36.4 Å². The summed E-state index contributed by atoms with van der Waals surface area (Å²) in [6.45, 7) is 0.477. The zero-order valence-corrected chi connectivity index (χ0v) is 12.6. The van der Waals surface area contributed by atoms with E-state index in [1.165, 1.54) is 11.1 Å². The molecule has 0 saturated heterocycles. The predicted octanol–water partition coefficient (Wildman–Crippen LogP) is 4.03. The van der Waals surface area contributed by atoms with E-state index in [1.807, 2.05) is 18.2 Å². The summed E-state index contributed by atoms with van der Waals surface area (Å²) in [5, 5.41) is 0. The molecule has 0 heterocycles. The Morgan fingerprint density at radius 3 is 2.00 bits per heavy atom. The molecule has 0 fully saturated rings. The van der Waals surface area contributed by atoms with Gasteiger partial charge in [0.2, 0.25) is 5.91 Å². The van der Waals surface area contributed by atoms with Gasteiger partial charge in [-0.2, -0.15) is 0 Å². The van der Waals surface area contributed by atoms with Gasteiger partial charge in [-0.15, -0.1) is 0 Å². The first kappa shape index (κ1) is 14.9. The van der Waals surface area contributed by atoms with Crippen LogP contribution in [-0.2, 0) is 6.61 Å². The molecule has 2 N–H and O–H groups in total. The number of rotatable bonds is 5. The fourth-order valence-corrected chi connectivity index (χ4v) is 2.31. The van der Waals surface area contributed by atoms with Crippen molar-refractivity contribution in [2.45, 2.75) is 6.61 Å². The number of benzene rings is 3. The predicted molar refractivity (Wildman–Crippen MR) is 91.2 cm³/mol. The van der Waals surface area contributed by atoms with Crippen LogP contribution in [0.4, 0.5) is 0 Å². The molecule has 0 spiro atoms. The molecule has 0 radical (unpaired) electrons. The summed E-state index contributed by atoms with van der Waals surface area (Å²) < 4.78 is 5.72. The molecule has 3 heteroatoms. The maximum Gasteiger partial charge on any atom is 0.248 e. The lowest BCUT2D eigenvalue weighted by molar-refractivity contribution is 0.100. The highest BCUT2D eigenvalue weighted by atomic mass is 16.5. The first-order valence-electron chi connectivity index (χ1n) is 7.39. The number of carbonyl (C=O) groups is 1. The molecular weight excluding hydrogens is 286 g/mol. The Morgan fingerprint density at radius 1 is 0.783 bits per heavy atom. The van der Waals surface area contributed by atoms with E-state index in [4.69, 9.17) is 10.5 Å². The minimum atomic E-state index is -0.437. The highest BCUT2D eigenvalue weighted by molar-refractivity contribution is 5.92. The van der Waals surface area contributed by atoms with Crippen LogP contribution in [0.3, 0.4) is 0 Å². The van der Waals surface area contributed by atoms with Gasteiger partial charge in [-0.3, -0.25) is 4.79 Å². The average molecular weight is 303 g/mol. The summed E-state index contributed by atoms with van der Waals surface area (Å²) in [5.41, 5.74) is 9.15. The number of nitrogens with two attached hydrogens (primary N) is 1. The van der Waals surface area contributed by atoms with Gasteiger partial charge in [0.15, 0.2) is 0 Å². The van der Waals surface area contributed by atoms with Crippen molar-refractivity contribution in [1.29, 1.82) is 0 Å². The zero-order valence-electron chi connectivity index (χ0n) is 12.6. The number of ether oxygens (including phenoxy) is 1. The summed E-state index contributed by atoms with van der Waals surface area (Å²) in [4.78, 5) is 11.0. The molecule has 0 aromatic heterocycles. The first-order valence-corrected chi connectivity index (χ1v) is 7.39. The minimum Gasteiger partial charge on any atom is -0.489 e. The second-order valence-corrected chi connectivity index (χ2v) is 5.24. The molecule has 0 aliphatic rings. The fourth-order valence-electron chi connectivity index (χ4n) is 2.31. The van der Waals surface area contributed by atoms with Gasteiger partial charge in [0, 0.05) is 5.56 Å². The molecule has 23 heavy (non-hydrogen) atoms. The normalized spacial score (nSPS) is 10.3. The number of primary amides is 1. The second kappa shape index (κ2) is 6.79. The van der Waals surface area contributed by atoms with Crippen molar-refractivity contribution in [2.75, 3.05) is 0 Å². The van der Waals surface area contributed by atoms with Crippen LogP contribution >= 0.6 is 0 Å². The van der Waals surface area contributed by atoms with Gasteiger partial charge >= 0.3 is 0 Å². The zero-order chi connectivity index (χ0) is 16.1. The van der Waals surface area contributed by atoms with Crippen LogP contribution in [0.2, 0.25) is 0 Å². The lowest BCUT2D eigenvalue weighted by Gasteiger charge is -2.08. The van der Waals surface area contributed by atoms with E-state index in [-0.39, 0.29) is 0 Å². The van der Waals surface area contributed by atoms with Crippen LogP contribution in [0.1, 0.15) is 15.9 Å². The van der Waals surface area contributed by atoms with Gasteiger partial charge < -0.3 is 10.5 Å². The van der Waals surface area contributed by atoms with E-state index in [1.54, 1.807) is 24.3 Å². The quantitative estimate of drug-likeness (QED) is 0.773. The number of hydrogen-bond donors (Lipinski definition) is 1. The van der Waals surface area contributed by atoms with Gasteiger partial charge in [0.05, 0.1) is 0 Å². The van der Waals surface area contributed by atoms with Crippen molar-refractivity contribution in [3.8, 4) is 16.9 Å². The van der Waals surface area contributed by atoms with Crippen molar-refractivity contribution in [3.05, 3.63) is 90.0 Å². The monoisotopic (exact) mass is 303 g/mol. The maximum absolute atomic E-state index is 11.0. The highest BCUT2D eigenvalue weighted by Gasteiger charge is 2.01. The molecule has 114 valence electrons. The smallest absolute Gasteiger partial charge is 0.248 e. The Labute approximate surface area is 135 Å². The van der Waals surface area contributed by atoms with Gasteiger partial charge in [0.1, 0.15) is 12.4 Å². The third kappa shape index (κ3) is 3.77. The standard InChI is InChI=1S/C20H17NO2/c21-20(22)18-10-12-19(13-11-18)23-14-15-6-8-17(9-7-15)16-4-2-1-3-5-16/h1-13H,14H2,(H2,21,22). The summed E-state index contributed by atoms with van der Waals surface area (Å²) in [6.07, 6.45) is 0. The molecule has 1 amide bonds. The van der Waals surface area contributed by atoms with Gasteiger partial charge in [-0.25, -0.2) is 0 Å². The Morgan fingerprint density at radius 2 is 1.39 bits per heavy atom. The SMILES string of the molecule is NC(=O)c1ccc(OCc2ccc(-c3ccccc3)cc2)cc1. The molecule has 0 saturated carbocycles. The summed E-state index contributed by atoms with van der Waals surface area (Å²) in [5.74, 6) is 0.273. The van der Waals surface area contributed by atoms with E-state index in [0.717, 1.165) is 5.56 Å². The third-order valence-electron chi connectivity index (χ3n) is 3.61. The van der Waals surface area contributed by atoms with Crippen LogP contribution in [-0.4, -0.2) is 5.91 Å². The Hall–Kier alpha value is -3.07. The summed E-state index contributed by atoms with van der Waals surface area (Å²) in [7, 11) is 0. The van der Waals surface area contributed by atoms with E-state index >= 15 is 0 Å². The fraction of sp³-hybridized carbons (Fsp3) is 0.0500. The largest absolute Gasteiger partial charge is 0.489 e. The van der Waals surface area contributed by atoms with Crippen molar-refractivity contribution in [2.24, 2.45) is 5.73 Å². The highest BCUT2D eigenvalue weighted by Crippen LogP contribution is 2.20. The van der Waals surface area contributed by atoms with Crippen LogP contribution in [0.5, 0.6) is 5.75 Å². The topological polar surface area (TPSA) is 52.3 Å². The van der Waals surface area contributed by atoms with Gasteiger partial charge in [-0.05, 0) is 41.0 Å². The van der Waals surface area contributed by atoms with Crippen LogP contribution in [0, 0.1) is 0 Å². The molecule has 3 aromatic rings. The number of hydrogen-bond acceptors (Lipinski definition) is 2. The lowest BCUT2D eigenvalue weighted by Crippen LogP contribution is -2.10. The van der Waals surface area contributed by atoms with Crippen LogP contribution in [0.25, 0.3) is 11.1 Å². The average Bonchev–Trinajstić information content (AvgIpc) is 2.61. The van der Waals surface area contributed by atoms with E-state index in [0.29, 0.717) is 17.9 Å². The Kier molecular flexibility index (Phi) is 4.39. The second-order valence-electron chi connectivity index (χ2n) is 5.24. The molecule has 3 rings (SSSR count). The van der Waals surface area contributed by atoms with E-state index < -0.39 is 5.91 Å². The van der Waals surface area contributed by atoms with Crippen molar-refractivity contribution in [1.82, 2.24) is 0 Å². The lowest BCUT2D eigenvalue weighted by atomic mass is 10.0. The van der Waals surface area contributed by atoms with E-state index in [9.17, 15) is 4.79 Å². The third-order valence-corrected chi connectivity index (χ3v) is 3.61. The van der Waals surface area contributed by atoms with Gasteiger partial charge in [-0.1, -0.05) is 54.6 Å². The maximum atomic E-state index is 11.0. The molecule has 0 bridgehead atoms. The molecule has 3 aromatic carbocycles. The first-order chi connectivity index (χ1) is 11.2. The Balaban J connectivity index is 1.63. The Bertz CT molecular complexity index is 778. The molecule has 0 atom stereocenters. The number of amides is 1. The summed E-state index contributed by atoms with van der Waals surface area (Å²) >= 11 is 0. The van der Waals surface area contributed by atoms with Crippen LogP contribution in [0.15, 0.2) is 78.9 Å². The molecular formula is C20H17NO2. The van der Waals surface area contributed by atoms with Crippen LogP contribution < -0.4 is 10.5 Å². The van der Waals surface area contributed by atoms with Gasteiger partial charge in [0.25, 0.3) is 0 Å². The molecule has 0 unspecified atom stereocenters. The molecule has 3 nitrogen and oxygen atoms in total. The molecule has 0 aliphatic heterocycles.